The van der Waals surface area contributed by atoms with Gasteiger partial charge in [0.1, 0.15) is 0 Å². The molecule has 0 saturated carbocycles. The van der Waals surface area contributed by atoms with Gasteiger partial charge in [-0.2, -0.15) is 0 Å². The summed E-state index contributed by atoms with van der Waals surface area (Å²) in [5, 5.41) is 3.04. The summed E-state index contributed by atoms with van der Waals surface area (Å²) in [6, 6.07) is 8.07. The van der Waals surface area contributed by atoms with Crippen LogP contribution in [0.4, 0.5) is 5.69 Å². The van der Waals surface area contributed by atoms with Crippen LogP contribution in [0.1, 0.15) is 5.56 Å². The van der Waals surface area contributed by atoms with E-state index in [9.17, 15) is 0 Å². The standard InChI is InChI=1S/C8H12N2.C2H4/c1-10-8-4-2-7(6-9)3-5-8;1-2/h2-5,10H,6,9H2,1H3;1-2H2. The molecule has 0 aliphatic rings. The number of nitrogens with one attached hydrogen (secondary N) is 1. The quantitative estimate of drug-likeness (QED) is 0.656. The summed E-state index contributed by atoms with van der Waals surface area (Å²) < 4.78 is 0. The van der Waals surface area contributed by atoms with Crippen LogP contribution in [0.25, 0.3) is 0 Å². The lowest BCUT2D eigenvalue weighted by Gasteiger charge is -1.99. The Hall–Kier alpha value is -1.28. The number of nitrogens with two attached hydrogens (primary N) is 1. The number of benzene rings is 1. The van der Waals surface area contributed by atoms with Gasteiger partial charge in [0, 0.05) is 19.3 Å². The van der Waals surface area contributed by atoms with Crippen molar-refractivity contribution in [3.8, 4) is 0 Å². The van der Waals surface area contributed by atoms with Crippen LogP contribution in [-0.2, 0) is 6.54 Å². The fraction of sp³-hybridized carbons (Fsp3) is 0.200. The van der Waals surface area contributed by atoms with Crippen molar-refractivity contribution in [1.29, 1.82) is 0 Å². The van der Waals surface area contributed by atoms with E-state index in [0.717, 1.165) is 5.69 Å². The van der Waals surface area contributed by atoms with E-state index in [0.29, 0.717) is 6.54 Å². The first kappa shape index (κ1) is 10.7. The molecule has 0 bridgehead atoms. The molecular weight excluding hydrogens is 148 g/mol. The Morgan fingerprint density at radius 3 is 2.08 bits per heavy atom. The van der Waals surface area contributed by atoms with Crippen LogP contribution in [-0.4, -0.2) is 7.05 Å². The fourth-order valence-corrected chi connectivity index (χ4v) is 0.807. The van der Waals surface area contributed by atoms with E-state index in [1.165, 1.54) is 5.56 Å². The number of hydrogen-bond acceptors (Lipinski definition) is 2. The van der Waals surface area contributed by atoms with Crippen LogP contribution in [0.3, 0.4) is 0 Å². The first-order valence-electron chi connectivity index (χ1n) is 3.83. The Labute approximate surface area is 74.1 Å². The molecule has 1 rings (SSSR count). The van der Waals surface area contributed by atoms with Crippen LogP contribution in [0, 0.1) is 0 Å². The zero-order valence-corrected chi connectivity index (χ0v) is 7.51. The molecule has 0 saturated heterocycles. The second kappa shape index (κ2) is 6.43. The summed E-state index contributed by atoms with van der Waals surface area (Å²) in [6.45, 7) is 6.62. The summed E-state index contributed by atoms with van der Waals surface area (Å²) in [5.41, 5.74) is 7.71. The third-order valence-electron chi connectivity index (χ3n) is 1.48. The normalized spacial score (nSPS) is 8.17. The third-order valence-corrected chi connectivity index (χ3v) is 1.48. The minimum absolute atomic E-state index is 0.615. The van der Waals surface area contributed by atoms with Crippen LogP contribution < -0.4 is 11.1 Å². The van der Waals surface area contributed by atoms with E-state index in [2.05, 4.69) is 18.5 Å². The monoisotopic (exact) mass is 164 g/mol. The molecule has 66 valence electrons. The maximum atomic E-state index is 5.42. The van der Waals surface area contributed by atoms with Gasteiger partial charge in [-0.05, 0) is 17.7 Å². The molecule has 0 radical (unpaired) electrons. The summed E-state index contributed by atoms with van der Waals surface area (Å²) in [4.78, 5) is 0. The first-order chi connectivity index (χ1) is 5.86. The minimum Gasteiger partial charge on any atom is -0.388 e. The van der Waals surface area contributed by atoms with Crippen LogP contribution in [0.5, 0.6) is 0 Å². The molecule has 3 N–H and O–H groups in total. The molecule has 12 heavy (non-hydrogen) atoms. The SMILES string of the molecule is C=C.CNc1ccc(CN)cc1. The highest BCUT2D eigenvalue weighted by Crippen LogP contribution is 2.06. The number of anilines is 1. The van der Waals surface area contributed by atoms with Gasteiger partial charge in [0.15, 0.2) is 0 Å². The van der Waals surface area contributed by atoms with Gasteiger partial charge in [0.05, 0.1) is 0 Å². The van der Waals surface area contributed by atoms with Crippen molar-refractivity contribution >= 4 is 5.69 Å². The Balaban J connectivity index is 0.000000561. The topological polar surface area (TPSA) is 38.0 Å². The van der Waals surface area contributed by atoms with Crippen molar-refractivity contribution in [3.05, 3.63) is 43.0 Å². The minimum atomic E-state index is 0.615. The summed E-state index contributed by atoms with van der Waals surface area (Å²) in [5.74, 6) is 0. The molecule has 2 nitrogen and oxygen atoms in total. The Morgan fingerprint density at radius 1 is 1.25 bits per heavy atom. The van der Waals surface area contributed by atoms with E-state index >= 15 is 0 Å². The molecule has 0 unspecified atom stereocenters. The van der Waals surface area contributed by atoms with Crippen LogP contribution in [0.2, 0.25) is 0 Å². The molecule has 0 amide bonds. The van der Waals surface area contributed by atoms with Gasteiger partial charge in [0.2, 0.25) is 0 Å². The lowest BCUT2D eigenvalue weighted by Crippen LogP contribution is -1.96. The van der Waals surface area contributed by atoms with Crippen molar-refractivity contribution in [1.82, 2.24) is 0 Å². The summed E-state index contributed by atoms with van der Waals surface area (Å²) in [6.07, 6.45) is 0. The van der Waals surface area contributed by atoms with Gasteiger partial charge in [-0.3, -0.25) is 0 Å². The lowest BCUT2D eigenvalue weighted by atomic mass is 10.2. The highest BCUT2D eigenvalue weighted by Gasteiger charge is 1.87. The lowest BCUT2D eigenvalue weighted by molar-refractivity contribution is 1.07. The highest BCUT2D eigenvalue weighted by molar-refractivity contribution is 5.43. The second-order valence-electron chi connectivity index (χ2n) is 2.15. The molecule has 0 fully saturated rings. The van der Waals surface area contributed by atoms with Gasteiger partial charge in [0.25, 0.3) is 0 Å². The van der Waals surface area contributed by atoms with Gasteiger partial charge < -0.3 is 11.1 Å². The van der Waals surface area contributed by atoms with E-state index < -0.39 is 0 Å². The Bertz CT molecular complexity index is 181. The van der Waals surface area contributed by atoms with Gasteiger partial charge in [-0.1, -0.05) is 12.1 Å². The molecule has 0 aromatic heterocycles. The molecule has 2 heteroatoms. The van der Waals surface area contributed by atoms with Gasteiger partial charge >= 0.3 is 0 Å². The van der Waals surface area contributed by atoms with E-state index in [-0.39, 0.29) is 0 Å². The number of hydrogen-bond donors (Lipinski definition) is 2. The van der Waals surface area contributed by atoms with Gasteiger partial charge in [-0.15, -0.1) is 13.2 Å². The van der Waals surface area contributed by atoms with Crippen LogP contribution in [0.15, 0.2) is 37.4 Å². The maximum absolute atomic E-state index is 5.42. The van der Waals surface area contributed by atoms with E-state index in [4.69, 9.17) is 5.73 Å². The van der Waals surface area contributed by atoms with E-state index in [1.807, 2.05) is 31.3 Å². The highest BCUT2D eigenvalue weighted by atomic mass is 14.8. The second-order valence-corrected chi connectivity index (χ2v) is 2.15. The molecule has 0 spiro atoms. The molecule has 0 heterocycles. The average molecular weight is 164 g/mol. The molecule has 0 aliphatic carbocycles. The zero-order valence-electron chi connectivity index (χ0n) is 7.51. The summed E-state index contributed by atoms with van der Waals surface area (Å²) in [7, 11) is 1.90. The predicted octanol–water partition coefficient (Wildman–Crippen LogP) is 1.99. The zero-order chi connectivity index (χ0) is 9.40. The maximum Gasteiger partial charge on any atom is 0.0337 e. The fourth-order valence-electron chi connectivity index (χ4n) is 0.807. The van der Waals surface area contributed by atoms with Gasteiger partial charge in [-0.25, -0.2) is 0 Å². The predicted molar refractivity (Wildman–Crippen MR) is 55.1 cm³/mol. The van der Waals surface area contributed by atoms with Crippen LogP contribution >= 0.6 is 0 Å². The Morgan fingerprint density at radius 2 is 1.75 bits per heavy atom. The van der Waals surface area contributed by atoms with Crippen molar-refractivity contribution in [2.45, 2.75) is 6.54 Å². The largest absolute Gasteiger partial charge is 0.388 e. The molecule has 1 aromatic carbocycles. The van der Waals surface area contributed by atoms with E-state index in [1.54, 1.807) is 0 Å². The smallest absolute Gasteiger partial charge is 0.0337 e. The van der Waals surface area contributed by atoms with Crippen molar-refractivity contribution in [2.75, 3.05) is 12.4 Å². The summed E-state index contributed by atoms with van der Waals surface area (Å²) >= 11 is 0. The average Bonchev–Trinajstić information content (AvgIpc) is 2.21. The molecule has 0 atom stereocenters. The molecular formula is C10H16N2. The Kier molecular flexibility index (Phi) is 5.75. The molecule has 0 aliphatic heterocycles. The van der Waals surface area contributed by atoms with Crippen molar-refractivity contribution in [3.63, 3.8) is 0 Å². The van der Waals surface area contributed by atoms with Crippen molar-refractivity contribution in [2.24, 2.45) is 5.73 Å². The first-order valence-corrected chi connectivity index (χ1v) is 3.83. The molecule has 1 aromatic rings. The third kappa shape index (κ3) is 3.21. The number of rotatable bonds is 2. The van der Waals surface area contributed by atoms with Crippen molar-refractivity contribution < 1.29 is 0 Å².